The van der Waals surface area contributed by atoms with E-state index in [1.807, 2.05) is 18.2 Å². The summed E-state index contributed by atoms with van der Waals surface area (Å²) in [6, 6.07) is 5.87. The minimum atomic E-state index is -1.22. The van der Waals surface area contributed by atoms with Crippen molar-refractivity contribution in [3.05, 3.63) is 51.2 Å². The number of carboxylic acid groups (broad SMARTS) is 1. The summed E-state index contributed by atoms with van der Waals surface area (Å²) >= 11 is 12.7. The van der Waals surface area contributed by atoms with Gasteiger partial charge in [0, 0.05) is 6.42 Å². The number of carbonyl (C=O) groups is 1. The van der Waals surface area contributed by atoms with Crippen LogP contribution in [0.5, 0.6) is 0 Å². The molecule has 35 heavy (non-hydrogen) atoms. The van der Waals surface area contributed by atoms with E-state index in [-0.39, 0.29) is 23.0 Å². The number of rotatable bonds is 13. The highest BCUT2D eigenvalue weighted by atomic mass is 35.5. The van der Waals surface area contributed by atoms with E-state index in [2.05, 4.69) is 27.7 Å². The monoisotopic (exact) mass is 524 g/mol. The van der Waals surface area contributed by atoms with Gasteiger partial charge in [0.15, 0.2) is 0 Å². The highest BCUT2D eigenvalue weighted by Crippen LogP contribution is 2.57. The fraction of sp³-hybridized carbons (Fsp3) is 0.621. The second-order valence-corrected chi connectivity index (χ2v) is 11.7. The van der Waals surface area contributed by atoms with Crippen molar-refractivity contribution in [2.75, 3.05) is 0 Å². The Morgan fingerprint density at radius 3 is 2.26 bits per heavy atom. The summed E-state index contributed by atoms with van der Waals surface area (Å²) in [5.74, 6) is -1.53. The van der Waals surface area contributed by atoms with Gasteiger partial charge in [-0.3, -0.25) is 0 Å². The Balaban J connectivity index is 2.47. The van der Waals surface area contributed by atoms with Crippen LogP contribution in [0.3, 0.4) is 0 Å². The standard InChI is InChI=1S/C29H42Cl2O4/c1-5-7-13-29(14-8-6-2)18-23(20-9-12-25(30)26(31)15-20)24(28(3,4)19-29)11-10-21(32)16-22(33)17-27(34)35/h9,12,15,17,21,32-33H,5-8,10-11,13-14,16,18-19H2,1-4H3,(H,34,35). The first-order chi connectivity index (χ1) is 16.4. The molecule has 1 unspecified atom stereocenters. The number of allylic oxidation sites excluding steroid dienone is 2. The van der Waals surface area contributed by atoms with Gasteiger partial charge >= 0.3 is 5.97 Å². The molecule has 4 nitrogen and oxygen atoms in total. The van der Waals surface area contributed by atoms with Gasteiger partial charge in [0.2, 0.25) is 0 Å². The van der Waals surface area contributed by atoms with Gasteiger partial charge in [-0.2, -0.15) is 0 Å². The van der Waals surface area contributed by atoms with Crippen molar-refractivity contribution in [3.63, 3.8) is 0 Å². The van der Waals surface area contributed by atoms with Crippen molar-refractivity contribution in [3.8, 4) is 0 Å². The average molecular weight is 526 g/mol. The van der Waals surface area contributed by atoms with Crippen LogP contribution in [-0.2, 0) is 4.79 Å². The third-order valence-corrected chi connectivity index (χ3v) is 8.14. The maximum atomic E-state index is 10.8. The number of aliphatic carboxylic acids is 1. The summed E-state index contributed by atoms with van der Waals surface area (Å²) in [6.45, 7) is 9.11. The first kappa shape index (κ1) is 29.7. The van der Waals surface area contributed by atoms with Crippen molar-refractivity contribution in [1.82, 2.24) is 0 Å². The van der Waals surface area contributed by atoms with Crippen LogP contribution in [0.25, 0.3) is 5.57 Å². The number of aliphatic hydroxyl groups excluding tert-OH is 2. The molecule has 1 aliphatic carbocycles. The lowest BCUT2D eigenvalue weighted by Gasteiger charge is -2.48. The van der Waals surface area contributed by atoms with E-state index in [1.54, 1.807) is 0 Å². The molecule has 196 valence electrons. The summed E-state index contributed by atoms with van der Waals surface area (Å²) in [4.78, 5) is 10.8. The van der Waals surface area contributed by atoms with Gasteiger partial charge in [0.25, 0.3) is 0 Å². The lowest BCUT2D eigenvalue weighted by atomic mass is 9.56. The van der Waals surface area contributed by atoms with E-state index in [4.69, 9.17) is 28.3 Å². The summed E-state index contributed by atoms with van der Waals surface area (Å²) < 4.78 is 0. The Hall–Kier alpha value is -1.49. The third kappa shape index (κ3) is 8.55. The predicted molar refractivity (Wildman–Crippen MR) is 146 cm³/mol. The van der Waals surface area contributed by atoms with E-state index in [0.29, 0.717) is 22.9 Å². The number of halogens is 2. The number of hydrogen-bond donors (Lipinski definition) is 3. The molecule has 3 N–H and O–H groups in total. The second-order valence-electron chi connectivity index (χ2n) is 10.9. The Morgan fingerprint density at radius 2 is 1.71 bits per heavy atom. The molecule has 2 rings (SSSR count). The second kappa shape index (κ2) is 13.2. The van der Waals surface area contributed by atoms with Gasteiger partial charge in [0.1, 0.15) is 5.76 Å². The number of aliphatic hydroxyl groups is 2. The van der Waals surface area contributed by atoms with Gasteiger partial charge in [-0.15, -0.1) is 0 Å². The highest BCUT2D eigenvalue weighted by molar-refractivity contribution is 6.42. The Kier molecular flexibility index (Phi) is 11.2. The normalized spacial score (nSPS) is 18.5. The molecule has 0 aromatic heterocycles. The summed E-state index contributed by atoms with van der Waals surface area (Å²) in [7, 11) is 0. The average Bonchev–Trinajstić information content (AvgIpc) is 2.76. The molecule has 1 aromatic carbocycles. The van der Waals surface area contributed by atoms with E-state index in [0.717, 1.165) is 24.5 Å². The van der Waals surface area contributed by atoms with Crippen LogP contribution in [0.4, 0.5) is 0 Å². The van der Waals surface area contributed by atoms with Crippen LogP contribution in [0, 0.1) is 10.8 Å². The Morgan fingerprint density at radius 1 is 1.09 bits per heavy atom. The number of unbranched alkanes of at least 4 members (excludes halogenated alkanes) is 2. The number of carboxylic acids is 1. The van der Waals surface area contributed by atoms with Gasteiger partial charge in [-0.1, -0.05) is 88.2 Å². The van der Waals surface area contributed by atoms with E-state index < -0.39 is 12.1 Å². The van der Waals surface area contributed by atoms with Crippen molar-refractivity contribution in [1.29, 1.82) is 0 Å². The molecule has 0 fully saturated rings. The Bertz CT molecular complexity index is 925. The predicted octanol–water partition coefficient (Wildman–Crippen LogP) is 8.99. The van der Waals surface area contributed by atoms with Crippen molar-refractivity contribution >= 4 is 34.7 Å². The molecule has 1 atom stereocenters. The summed E-state index contributed by atoms with van der Waals surface area (Å²) in [6.07, 6.45) is 10.2. The molecule has 0 saturated carbocycles. The SMILES string of the molecule is CCCCC1(CCCC)CC(c2ccc(Cl)c(Cl)c2)=C(CCC(O)CC(O)=CC(=O)O)C(C)(C)C1. The van der Waals surface area contributed by atoms with Crippen LogP contribution in [0.2, 0.25) is 10.0 Å². The maximum Gasteiger partial charge on any atom is 0.331 e. The maximum absolute atomic E-state index is 10.8. The van der Waals surface area contributed by atoms with Crippen LogP contribution >= 0.6 is 23.2 Å². The van der Waals surface area contributed by atoms with Crippen LogP contribution < -0.4 is 0 Å². The van der Waals surface area contributed by atoms with Crippen molar-refractivity contribution in [2.45, 2.75) is 104 Å². The minimum Gasteiger partial charge on any atom is -0.512 e. The van der Waals surface area contributed by atoms with Gasteiger partial charge < -0.3 is 15.3 Å². The van der Waals surface area contributed by atoms with Crippen molar-refractivity contribution < 1.29 is 20.1 Å². The zero-order valence-corrected chi connectivity index (χ0v) is 23.2. The van der Waals surface area contributed by atoms with Gasteiger partial charge in [0.05, 0.1) is 22.2 Å². The molecular weight excluding hydrogens is 483 g/mol. The molecular formula is C29H42Cl2O4. The molecule has 0 amide bonds. The van der Waals surface area contributed by atoms with Crippen LogP contribution in [-0.4, -0.2) is 27.4 Å². The van der Waals surface area contributed by atoms with E-state index >= 15 is 0 Å². The van der Waals surface area contributed by atoms with Gasteiger partial charge in [-0.25, -0.2) is 4.79 Å². The highest BCUT2D eigenvalue weighted by Gasteiger charge is 2.43. The molecule has 6 heteroatoms. The molecule has 0 aliphatic heterocycles. The molecule has 1 aliphatic rings. The van der Waals surface area contributed by atoms with Gasteiger partial charge in [-0.05, 0) is 72.6 Å². The fourth-order valence-corrected chi connectivity index (χ4v) is 6.18. The van der Waals surface area contributed by atoms with E-state index in [9.17, 15) is 15.0 Å². The van der Waals surface area contributed by atoms with Crippen molar-refractivity contribution in [2.24, 2.45) is 10.8 Å². The molecule has 0 radical (unpaired) electrons. The summed E-state index contributed by atoms with van der Waals surface area (Å²) in [5.41, 5.74) is 3.84. The molecule has 0 heterocycles. The number of hydrogen-bond acceptors (Lipinski definition) is 3. The Labute approximate surface area is 221 Å². The molecule has 0 bridgehead atoms. The molecule has 0 spiro atoms. The first-order valence-electron chi connectivity index (χ1n) is 12.9. The van der Waals surface area contributed by atoms with Crippen LogP contribution in [0.1, 0.15) is 104 Å². The van der Waals surface area contributed by atoms with E-state index in [1.165, 1.54) is 49.7 Å². The lowest BCUT2D eigenvalue weighted by Crippen LogP contribution is -2.35. The molecule has 1 aromatic rings. The lowest BCUT2D eigenvalue weighted by molar-refractivity contribution is -0.131. The summed E-state index contributed by atoms with van der Waals surface area (Å²) in [5, 5.41) is 30.3. The molecule has 0 saturated heterocycles. The minimum absolute atomic E-state index is 0.0696. The fourth-order valence-electron chi connectivity index (χ4n) is 5.88. The first-order valence-corrected chi connectivity index (χ1v) is 13.7. The van der Waals surface area contributed by atoms with Crippen LogP contribution in [0.15, 0.2) is 35.6 Å². The number of benzene rings is 1. The quantitative estimate of drug-likeness (QED) is 0.177. The zero-order valence-electron chi connectivity index (χ0n) is 21.7. The third-order valence-electron chi connectivity index (χ3n) is 7.40. The largest absolute Gasteiger partial charge is 0.512 e. The topological polar surface area (TPSA) is 77.8 Å². The zero-order chi connectivity index (χ0) is 26.2. The smallest absolute Gasteiger partial charge is 0.331 e.